The molecule has 2 N–H and O–H groups in total. The molecular formula is C26H38IN5O. The molecule has 0 aromatic heterocycles. The molecule has 2 heterocycles. The van der Waals surface area contributed by atoms with E-state index in [1.807, 2.05) is 7.05 Å². The third kappa shape index (κ3) is 8.24. The first kappa shape index (κ1) is 25.9. The summed E-state index contributed by atoms with van der Waals surface area (Å²) >= 11 is 0. The molecule has 6 nitrogen and oxygen atoms in total. The van der Waals surface area contributed by atoms with E-state index in [-0.39, 0.29) is 24.0 Å². The highest BCUT2D eigenvalue weighted by molar-refractivity contribution is 14.0. The summed E-state index contributed by atoms with van der Waals surface area (Å²) in [6, 6.07) is 19.9. The molecule has 2 aliphatic rings. The number of guanidine groups is 1. The Morgan fingerprint density at radius 3 is 2.21 bits per heavy atom. The number of ether oxygens (including phenoxy) is 1. The van der Waals surface area contributed by atoms with Crippen LogP contribution in [0.4, 0.5) is 0 Å². The summed E-state index contributed by atoms with van der Waals surface area (Å²) in [6.45, 7) is 8.72. The lowest BCUT2D eigenvalue weighted by Crippen LogP contribution is -2.48. The van der Waals surface area contributed by atoms with Gasteiger partial charge in [-0.2, -0.15) is 0 Å². The number of likely N-dealkylation sites (tertiary alicyclic amines) is 1. The Hall–Kier alpha value is -1.68. The molecule has 2 fully saturated rings. The Kier molecular flexibility index (Phi) is 10.9. The van der Waals surface area contributed by atoms with Gasteiger partial charge in [0, 0.05) is 58.9 Å². The van der Waals surface area contributed by atoms with Crippen LogP contribution in [0, 0.1) is 0 Å². The van der Waals surface area contributed by atoms with E-state index in [4.69, 9.17) is 4.74 Å². The van der Waals surface area contributed by atoms with E-state index < -0.39 is 0 Å². The van der Waals surface area contributed by atoms with Crippen LogP contribution in [-0.2, 0) is 24.4 Å². The monoisotopic (exact) mass is 563 g/mol. The van der Waals surface area contributed by atoms with Crippen LogP contribution in [0.25, 0.3) is 0 Å². The summed E-state index contributed by atoms with van der Waals surface area (Å²) < 4.78 is 5.49. The van der Waals surface area contributed by atoms with Gasteiger partial charge in [-0.15, -0.1) is 24.0 Å². The Morgan fingerprint density at radius 2 is 1.52 bits per heavy atom. The van der Waals surface area contributed by atoms with Crippen LogP contribution in [0.3, 0.4) is 0 Å². The number of nitrogens with zero attached hydrogens (tertiary/aromatic N) is 3. The SMILES string of the molecule is CN=C(NCc1ccccc1CN1CCOCC1)NC1CCN(Cc2ccccc2)CC1.I. The average molecular weight is 564 g/mol. The maximum absolute atomic E-state index is 5.49. The first-order valence-corrected chi connectivity index (χ1v) is 11.9. The summed E-state index contributed by atoms with van der Waals surface area (Å²) in [4.78, 5) is 9.50. The third-order valence-electron chi connectivity index (χ3n) is 6.46. The van der Waals surface area contributed by atoms with E-state index in [0.717, 1.165) is 77.8 Å². The van der Waals surface area contributed by atoms with E-state index in [9.17, 15) is 0 Å². The number of halogens is 1. The second-order valence-corrected chi connectivity index (χ2v) is 8.76. The van der Waals surface area contributed by atoms with Crippen molar-refractivity contribution in [1.82, 2.24) is 20.4 Å². The fourth-order valence-electron chi connectivity index (χ4n) is 4.53. The fraction of sp³-hybridized carbons (Fsp3) is 0.500. The topological polar surface area (TPSA) is 52.1 Å². The lowest BCUT2D eigenvalue weighted by atomic mass is 10.0. The van der Waals surface area contributed by atoms with E-state index in [1.54, 1.807) is 0 Å². The molecule has 2 saturated heterocycles. The Bertz CT molecular complexity index is 849. The van der Waals surface area contributed by atoms with Gasteiger partial charge in [0.25, 0.3) is 0 Å². The summed E-state index contributed by atoms with van der Waals surface area (Å²) in [7, 11) is 1.86. The number of hydrogen-bond donors (Lipinski definition) is 2. The van der Waals surface area contributed by atoms with Crippen molar-refractivity contribution < 1.29 is 4.74 Å². The van der Waals surface area contributed by atoms with Crippen molar-refractivity contribution in [2.45, 2.75) is 38.5 Å². The van der Waals surface area contributed by atoms with Crippen LogP contribution in [0.2, 0.25) is 0 Å². The smallest absolute Gasteiger partial charge is 0.191 e. The number of morpholine rings is 1. The molecule has 0 radical (unpaired) electrons. The van der Waals surface area contributed by atoms with Gasteiger partial charge in [0.2, 0.25) is 0 Å². The molecule has 4 rings (SSSR count). The van der Waals surface area contributed by atoms with Crippen molar-refractivity contribution >= 4 is 29.9 Å². The highest BCUT2D eigenvalue weighted by Crippen LogP contribution is 2.15. The Morgan fingerprint density at radius 1 is 0.879 bits per heavy atom. The molecule has 0 spiro atoms. The number of hydrogen-bond acceptors (Lipinski definition) is 4. The highest BCUT2D eigenvalue weighted by Gasteiger charge is 2.20. The minimum absolute atomic E-state index is 0. The van der Waals surface area contributed by atoms with Gasteiger partial charge >= 0.3 is 0 Å². The second-order valence-electron chi connectivity index (χ2n) is 8.76. The Balaban J connectivity index is 0.00000306. The fourth-order valence-corrected chi connectivity index (χ4v) is 4.53. The molecule has 33 heavy (non-hydrogen) atoms. The maximum atomic E-state index is 5.49. The van der Waals surface area contributed by atoms with E-state index in [1.165, 1.54) is 16.7 Å². The molecule has 7 heteroatoms. The van der Waals surface area contributed by atoms with Crippen molar-refractivity contribution in [1.29, 1.82) is 0 Å². The minimum Gasteiger partial charge on any atom is -0.379 e. The minimum atomic E-state index is 0. The van der Waals surface area contributed by atoms with Gasteiger partial charge in [-0.3, -0.25) is 14.8 Å². The summed E-state index contributed by atoms with van der Waals surface area (Å²) in [5.74, 6) is 0.896. The molecule has 0 unspecified atom stereocenters. The van der Waals surface area contributed by atoms with Crippen LogP contribution < -0.4 is 10.6 Å². The number of rotatable bonds is 7. The van der Waals surface area contributed by atoms with Crippen LogP contribution >= 0.6 is 24.0 Å². The molecule has 0 aliphatic carbocycles. The van der Waals surface area contributed by atoms with Crippen LogP contribution in [0.1, 0.15) is 29.5 Å². The zero-order chi connectivity index (χ0) is 22.0. The number of piperidine rings is 1. The van der Waals surface area contributed by atoms with Gasteiger partial charge in [0.15, 0.2) is 5.96 Å². The van der Waals surface area contributed by atoms with Gasteiger partial charge in [0.1, 0.15) is 0 Å². The van der Waals surface area contributed by atoms with Crippen molar-refractivity contribution in [3.8, 4) is 0 Å². The second kappa shape index (κ2) is 13.9. The first-order chi connectivity index (χ1) is 15.8. The third-order valence-corrected chi connectivity index (χ3v) is 6.46. The van der Waals surface area contributed by atoms with E-state index in [0.29, 0.717) is 6.04 Å². The molecule has 0 bridgehead atoms. The number of benzene rings is 2. The van der Waals surface area contributed by atoms with Gasteiger partial charge in [-0.05, 0) is 29.5 Å². The average Bonchev–Trinajstić information content (AvgIpc) is 2.85. The summed E-state index contributed by atoms with van der Waals surface area (Å²) in [5, 5.41) is 7.19. The molecular weight excluding hydrogens is 525 g/mol. The Labute approximate surface area is 215 Å². The van der Waals surface area contributed by atoms with Crippen molar-refractivity contribution in [3.63, 3.8) is 0 Å². The molecule has 0 saturated carbocycles. The van der Waals surface area contributed by atoms with Gasteiger partial charge in [-0.1, -0.05) is 54.6 Å². The maximum Gasteiger partial charge on any atom is 0.191 e. The largest absolute Gasteiger partial charge is 0.379 e. The van der Waals surface area contributed by atoms with Gasteiger partial charge < -0.3 is 15.4 Å². The standard InChI is InChI=1S/C26H37N5O.HI/c1-27-26(29-25-11-13-30(14-12-25)20-22-7-3-2-4-8-22)28-19-23-9-5-6-10-24(23)21-31-15-17-32-18-16-31;/h2-10,25H,11-21H2,1H3,(H2,27,28,29);1H. The molecule has 180 valence electrons. The summed E-state index contributed by atoms with van der Waals surface area (Å²) in [5.41, 5.74) is 4.11. The van der Waals surface area contributed by atoms with E-state index in [2.05, 4.69) is 80.0 Å². The van der Waals surface area contributed by atoms with Crippen molar-refractivity contribution in [3.05, 3.63) is 71.3 Å². The van der Waals surface area contributed by atoms with Crippen LogP contribution in [0.5, 0.6) is 0 Å². The molecule has 0 atom stereocenters. The lowest BCUT2D eigenvalue weighted by molar-refractivity contribution is 0.0341. The predicted octanol–water partition coefficient (Wildman–Crippen LogP) is 3.47. The molecule has 2 aromatic carbocycles. The highest BCUT2D eigenvalue weighted by atomic mass is 127. The lowest BCUT2D eigenvalue weighted by Gasteiger charge is -2.33. The first-order valence-electron chi connectivity index (χ1n) is 11.9. The predicted molar refractivity (Wildman–Crippen MR) is 146 cm³/mol. The number of nitrogens with one attached hydrogen (secondary N) is 2. The van der Waals surface area contributed by atoms with Gasteiger partial charge in [-0.25, -0.2) is 0 Å². The zero-order valence-corrected chi connectivity index (χ0v) is 22.0. The van der Waals surface area contributed by atoms with Crippen LogP contribution in [0.15, 0.2) is 59.6 Å². The van der Waals surface area contributed by atoms with Crippen LogP contribution in [-0.4, -0.2) is 68.2 Å². The number of aliphatic imine (C=N–C) groups is 1. The van der Waals surface area contributed by atoms with Crippen molar-refractivity contribution in [2.75, 3.05) is 46.4 Å². The molecule has 2 aliphatic heterocycles. The normalized spacial score (nSPS) is 18.5. The van der Waals surface area contributed by atoms with Crippen molar-refractivity contribution in [2.24, 2.45) is 4.99 Å². The molecule has 2 aromatic rings. The van der Waals surface area contributed by atoms with E-state index >= 15 is 0 Å². The molecule has 0 amide bonds. The zero-order valence-electron chi connectivity index (χ0n) is 19.7. The quantitative estimate of drug-likeness (QED) is 0.307. The summed E-state index contributed by atoms with van der Waals surface area (Å²) in [6.07, 6.45) is 2.28. The van der Waals surface area contributed by atoms with Gasteiger partial charge in [0.05, 0.1) is 13.2 Å².